The standard InChI is InChI=1S/C25H18Cl2O6/c1-13-9-15(32-25(29)23-18(30-2)5-4-6-19(23)31-3)12-20-22(13)24(28)21(33-20)11-14-7-8-16(26)17(27)10-14/h4-12H,1-3H3/b21-11-. The Morgan fingerprint density at radius 2 is 1.67 bits per heavy atom. The van der Waals surface area contributed by atoms with Crippen LogP contribution >= 0.6 is 23.2 Å². The predicted molar refractivity (Wildman–Crippen MR) is 125 cm³/mol. The average Bonchev–Trinajstić information content (AvgIpc) is 3.10. The van der Waals surface area contributed by atoms with Crippen LogP contribution in [0.3, 0.4) is 0 Å². The molecule has 0 bridgehead atoms. The minimum Gasteiger partial charge on any atom is -0.496 e. The van der Waals surface area contributed by atoms with Crippen molar-refractivity contribution in [2.75, 3.05) is 14.2 Å². The Morgan fingerprint density at radius 1 is 0.970 bits per heavy atom. The number of ketones is 1. The normalized spacial score (nSPS) is 13.5. The summed E-state index contributed by atoms with van der Waals surface area (Å²) in [5.41, 5.74) is 1.81. The number of Topliss-reactive ketones (excluding diaryl/α,β-unsaturated/α-hetero) is 1. The average molecular weight is 485 g/mol. The molecule has 33 heavy (non-hydrogen) atoms. The van der Waals surface area contributed by atoms with E-state index in [1.807, 2.05) is 0 Å². The SMILES string of the molecule is COc1cccc(OC)c1C(=O)Oc1cc(C)c2c(c1)O/C(=C\c1ccc(Cl)c(Cl)c1)C2=O. The van der Waals surface area contributed by atoms with Crippen LogP contribution in [0, 0.1) is 6.92 Å². The highest BCUT2D eigenvalue weighted by Gasteiger charge is 2.31. The van der Waals surface area contributed by atoms with Crippen LogP contribution in [0.5, 0.6) is 23.0 Å². The lowest BCUT2D eigenvalue weighted by Crippen LogP contribution is -2.12. The van der Waals surface area contributed by atoms with Gasteiger partial charge in [0.15, 0.2) is 5.76 Å². The molecule has 8 heteroatoms. The van der Waals surface area contributed by atoms with Crippen molar-refractivity contribution < 1.29 is 28.5 Å². The van der Waals surface area contributed by atoms with Gasteiger partial charge in [-0.05, 0) is 54.5 Å². The summed E-state index contributed by atoms with van der Waals surface area (Å²) in [5, 5.41) is 0.779. The van der Waals surface area contributed by atoms with Crippen LogP contribution in [0.4, 0.5) is 0 Å². The van der Waals surface area contributed by atoms with Crippen molar-refractivity contribution in [3.63, 3.8) is 0 Å². The molecule has 0 radical (unpaired) electrons. The Bertz CT molecular complexity index is 1290. The van der Waals surface area contributed by atoms with Gasteiger partial charge < -0.3 is 18.9 Å². The lowest BCUT2D eigenvalue weighted by molar-refractivity contribution is 0.0727. The van der Waals surface area contributed by atoms with E-state index < -0.39 is 5.97 Å². The number of hydrogen-bond donors (Lipinski definition) is 0. The number of rotatable bonds is 5. The van der Waals surface area contributed by atoms with Crippen LogP contribution in [0.1, 0.15) is 31.8 Å². The first-order chi connectivity index (χ1) is 15.8. The zero-order chi connectivity index (χ0) is 23.7. The highest BCUT2D eigenvalue weighted by molar-refractivity contribution is 6.42. The smallest absolute Gasteiger partial charge is 0.351 e. The summed E-state index contributed by atoms with van der Waals surface area (Å²) in [4.78, 5) is 25.8. The van der Waals surface area contributed by atoms with Crippen LogP contribution in [-0.2, 0) is 0 Å². The first-order valence-corrected chi connectivity index (χ1v) is 10.5. The van der Waals surface area contributed by atoms with Crippen molar-refractivity contribution in [3.8, 4) is 23.0 Å². The van der Waals surface area contributed by atoms with E-state index in [0.29, 0.717) is 44.0 Å². The van der Waals surface area contributed by atoms with E-state index in [4.69, 9.17) is 42.1 Å². The van der Waals surface area contributed by atoms with Crippen LogP contribution < -0.4 is 18.9 Å². The number of fused-ring (bicyclic) bond motifs is 1. The van der Waals surface area contributed by atoms with Gasteiger partial charge in [0.2, 0.25) is 5.78 Å². The van der Waals surface area contributed by atoms with Crippen molar-refractivity contribution in [1.82, 2.24) is 0 Å². The number of halogens is 2. The van der Waals surface area contributed by atoms with E-state index in [-0.39, 0.29) is 22.9 Å². The fourth-order valence-electron chi connectivity index (χ4n) is 3.50. The molecule has 0 saturated carbocycles. The molecule has 0 aromatic heterocycles. The van der Waals surface area contributed by atoms with Crippen molar-refractivity contribution in [2.45, 2.75) is 6.92 Å². The summed E-state index contributed by atoms with van der Waals surface area (Å²) >= 11 is 12.0. The number of allylic oxidation sites excluding steroid dienone is 1. The van der Waals surface area contributed by atoms with E-state index in [1.165, 1.54) is 20.3 Å². The number of ether oxygens (including phenoxy) is 4. The lowest BCUT2D eigenvalue weighted by Gasteiger charge is -2.13. The minimum atomic E-state index is -0.667. The number of carbonyl (C=O) groups excluding carboxylic acids is 2. The molecule has 0 spiro atoms. The summed E-state index contributed by atoms with van der Waals surface area (Å²) in [6.07, 6.45) is 1.58. The van der Waals surface area contributed by atoms with E-state index in [1.54, 1.807) is 55.5 Å². The molecular formula is C25H18Cl2O6. The quantitative estimate of drug-likeness (QED) is 0.245. The van der Waals surface area contributed by atoms with Crippen molar-refractivity contribution >= 4 is 41.0 Å². The molecule has 0 unspecified atom stereocenters. The molecule has 0 atom stereocenters. The summed E-state index contributed by atoms with van der Waals surface area (Å²) in [6, 6.07) is 13.1. The number of aryl methyl sites for hydroxylation is 1. The molecule has 3 aromatic rings. The first kappa shape index (κ1) is 22.7. The van der Waals surface area contributed by atoms with Gasteiger partial charge in [-0.3, -0.25) is 4.79 Å². The zero-order valence-electron chi connectivity index (χ0n) is 17.9. The molecule has 1 aliphatic rings. The van der Waals surface area contributed by atoms with Crippen molar-refractivity contribution in [2.24, 2.45) is 0 Å². The number of methoxy groups -OCH3 is 2. The topological polar surface area (TPSA) is 71.1 Å². The second kappa shape index (κ2) is 9.17. The summed E-state index contributed by atoms with van der Waals surface area (Å²) in [6.45, 7) is 1.74. The minimum absolute atomic E-state index is 0.126. The second-order valence-electron chi connectivity index (χ2n) is 7.15. The zero-order valence-corrected chi connectivity index (χ0v) is 19.4. The maximum atomic E-state index is 12.9. The third-order valence-electron chi connectivity index (χ3n) is 5.03. The first-order valence-electron chi connectivity index (χ1n) is 9.79. The Hall–Kier alpha value is -3.48. The van der Waals surface area contributed by atoms with Crippen LogP contribution in [0.25, 0.3) is 6.08 Å². The summed E-state index contributed by atoms with van der Waals surface area (Å²) < 4.78 is 21.9. The molecule has 4 rings (SSSR count). The molecule has 1 heterocycles. The van der Waals surface area contributed by atoms with Gasteiger partial charge in [0.1, 0.15) is 28.6 Å². The van der Waals surface area contributed by atoms with Gasteiger partial charge in [-0.15, -0.1) is 0 Å². The Kier molecular flexibility index (Phi) is 6.31. The van der Waals surface area contributed by atoms with Crippen molar-refractivity contribution in [1.29, 1.82) is 0 Å². The van der Waals surface area contributed by atoms with Gasteiger partial charge in [0.05, 0.1) is 29.8 Å². The largest absolute Gasteiger partial charge is 0.496 e. The molecule has 0 saturated heterocycles. The predicted octanol–water partition coefficient (Wildman–Crippen LogP) is 6.15. The van der Waals surface area contributed by atoms with Crippen molar-refractivity contribution in [3.05, 3.63) is 86.6 Å². The summed E-state index contributed by atoms with van der Waals surface area (Å²) in [7, 11) is 2.90. The fourth-order valence-corrected chi connectivity index (χ4v) is 3.81. The van der Waals surface area contributed by atoms with Gasteiger partial charge in [0, 0.05) is 6.07 Å². The third kappa shape index (κ3) is 4.40. The highest BCUT2D eigenvalue weighted by Crippen LogP contribution is 2.38. The Labute approximate surface area is 200 Å². The van der Waals surface area contributed by atoms with Crippen LogP contribution in [0.15, 0.2) is 54.3 Å². The van der Waals surface area contributed by atoms with Crippen LogP contribution in [-0.4, -0.2) is 26.0 Å². The lowest BCUT2D eigenvalue weighted by atomic mass is 10.0. The molecule has 0 amide bonds. The molecule has 0 N–H and O–H groups in total. The van der Waals surface area contributed by atoms with Gasteiger partial charge in [-0.2, -0.15) is 0 Å². The van der Waals surface area contributed by atoms with E-state index in [0.717, 1.165) is 0 Å². The monoisotopic (exact) mass is 484 g/mol. The highest BCUT2D eigenvalue weighted by atomic mass is 35.5. The molecule has 168 valence electrons. The number of benzene rings is 3. The fraction of sp³-hybridized carbons (Fsp3) is 0.120. The number of esters is 1. The molecule has 0 aliphatic carbocycles. The van der Waals surface area contributed by atoms with E-state index >= 15 is 0 Å². The van der Waals surface area contributed by atoms with Gasteiger partial charge >= 0.3 is 5.97 Å². The Morgan fingerprint density at radius 3 is 2.30 bits per heavy atom. The summed E-state index contributed by atoms with van der Waals surface area (Å²) in [5.74, 6) is 0.318. The molecular weight excluding hydrogens is 467 g/mol. The second-order valence-corrected chi connectivity index (χ2v) is 7.97. The Balaban J connectivity index is 1.64. The molecule has 3 aromatic carbocycles. The van der Waals surface area contributed by atoms with Gasteiger partial charge in [-0.1, -0.05) is 35.3 Å². The van der Waals surface area contributed by atoms with E-state index in [2.05, 4.69) is 0 Å². The molecule has 0 fully saturated rings. The van der Waals surface area contributed by atoms with Gasteiger partial charge in [0.25, 0.3) is 0 Å². The maximum Gasteiger partial charge on any atom is 0.351 e. The number of carbonyl (C=O) groups is 2. The third-order valence-corrected chi connectivity index (χ3v) is 5.77. The maximum absolute atomic E-state index is 12.9. The molecule has 1 aliphatic heterocycles. The van der Waals surface area contributed by atoms with E-state index in [9.17, 15) is 9.59 Å². The van der Waals surface area contributed by atoms with Gasteiger partial charge in [-0.25, -0.2) is 4.79 Å². The molecule has 6 nitrogen and oxygen atoms in total. The number of hydrogen-bond acceptors (Lipinski definition) is 6. The van der Waals surface area contributed by atoms with Crippen LogP contribution in [0.2, 0.25) is 10.0 Å².